The van der Waals surface area contributed by atoms with Crippen molar-refractivity contribution < 1.29 is 30.0 Å². The molecule has 0 aromatic heterocycles. The first kappa shape index (κ1) is 22.1. The number of hydrogen-bond donors (Lipinski definition) is 5. The van der Waals surface area contributed by atoms with Crippen LogP contribution in [0, 0.1) is 34.5 Å². The number of nitrogens with two attached hydrogens (primary N) is 1. The van der Waals surface area contributed by atoms with Crippen LogP contribution in [0.15, 0.2) is 11.6 Å². The van der Waals surface area contributed by atoms with Crippen LogP contribution in [0.3, 0.4) is 0 Å². The number of allylic oxidation sites excluding steroid dienone is 1. The summed E-state index contributed by atoms with van der Waals surface area (Å²) in [4.78, 5) is 24.9. The molecule has 0 aromatic carbocycles. The van der Waals surface area contributed by atoms with E-state index in [1.807, 2.05) is 6.92 Å². The van der Waals surface area contributed by atoms with Crippen molar-refractivity contribution in [3.63, 3.8) is 0 Å². The Morgan fingerprint density at radius 1 is 1.33 bits per heavy atom. The van der Waals surface area contributed by atoms with Crippen LogP contribution in [-0.4, -0.2) is 56.5 Å². The predicted molar refractivity (Wildman–Crippen MR) is 109 cm³/mol. The Morgan fingerprint density at radius 2 is 2.03 bits per heavy atom. The second-order valence-corrected chi connectivity index (χ2v) is 10.6. The van der Waals surface area contributed by atoms with Gasteiger partial charge in [-0.15, -0.1) is 0 Å². The topological polar surface area (TPSA) is 141 Å². The predicted octanol–water partition coefficient (Wildman–Crippen LogP) is 0.675. The lowest BCUT2D eigenvalue weighted by atomic mass is 9.43. The van der Waals surface area contributed by atoms with Gasteiger partial charge in [-0.1, -0.05) is 19.4 Å². The van der Waals surface area contributed by atoms with Gasteiger partial charge in [0.15, 0.2) is 11.6 Å². The van der Waals surface area contributed by atoms with Gasteiger partial charge in [0.05, 0.1) is 6.10 Å². The Morgan fingerprint density at radius 3 is 2.67 bits per heavy atom. The van der Waals surface area contributed by atoms with Crippen molar-refractivity contribution in [2.75, 3.05) is 6.61 Å². The number of aliphatic hydroxyl groups excluding tert-OH is 3. The third-order valence-corrected chi connectivity index (χ3v) is 9.50. The van der Waals surface area contributed by atoms with Crippen molar-refractivity contribution in [1.82, 2.24) is 0 Å². The zero-order valence-corrected chi connectivity index (χ0v) is 17.9. The Kier molecular flexibility index (Phi) is 5.30. The van der Waals surface area contributed by atoms with Crippen molar-refractivity contribution in [2.24, 2.45) is 40.2 Å². The molecule has 0 saturated heterocycles. The molecule has 4 rings (SSSR count). The molecule has 4 aliphatic rings. The fourth-order valence-electron chi connectivity index (χ4n) is 8.09. The SMILES string of the molecule is C[C@]12C[C@H](O)[C@H]3[C@@H](CCC4=CC(=O)CC(CC(N)O)[C@@]43C)[C@@H]1CC[C@]2(O)C(=O)CO. The van der Waals surface area contributed by atoms with Gasteiger partial charge in [-0.2, -0.15) is 0 Å². The smallest absolute Gasteiger partial charge is 0.190 e. The number of fused-ring (bicyclic) bond motifs is 5. The molecule has 0 amide bonds. The fraction of sp³-hybridized carbons (Fsp3) is 0.826. The van der Waals surface area contributed by atoms with Gasteiger partial charge in [0.2, 0.25) is 0 Å². The van der Waals surface area contributed by atoms with Gasteiger partial charge in [-0.3, -0.25) is 9.59 Å². The fourth-order valence-corrected chi connectivity index (χ4v) is 8.09. The Labute approximate surface area is 177 Å². The van der Waals surface area contributed by atoms with Crippen LogP contribution in [0.4, 0.5) is 0 Å². The van der Waals surface area contributed by atoms with Crippen LogP contribution in [-0.2, 0) is 9.59 Å². The standard InChI is InChI=1S/C23H35NO6/c1-21-10-17(27)20-15(16(21)5-6-23(21,30)18(28)11-25)4-3-12-7-14(26)8-13(9-19(24)29)22(12,20)2/h7,13,15-17,19-20,25,27,29-30H,3-6,8-11,24H2,1-2H3/t13?,15-,16-,17-,19?,20+,21-,22+,23-/m0/s1. The lowest BCUT2D eigenvalue weighted by Gasteiger charge is -2.62. The van der Waals surface area contributed by atoms with Crippen LogP contribution in [0.2, 0.25) is 0 Å². The summed E-state index contributed by atoms with van der Waals surface area (Å²) in [6.45, 7) is 3.28. The molecule has 9 atom stereocenters. The van der Waals surface area contributed by atoms with E-state index in [0.717, 1.165) is 18.4 Å². The van der Waals surface area contributed by atoms with Crippen LogP contribution in [0.25, 0.3) is 0 Å². The van der Waals surface area contributed by atoms with E-state index < -0.39 is 41.2 Å². The minimum atomic E-state index is -1.62. The first-order valence-corrected chi connectivity index (χ1v) is 11.2. The molecule has 6 N–H and O–H groups in total. The highest BCUT2D eigenvalue weighted by atomic mass is 16.3. The maximum Gasteiger partial charge on any atom is 0.190 e. The summed E-state index contributed by atoms with van der Waals surface area (Å²) in [5, 5.41) is 42.1. The molecule has 30 heavy (non-hydrogen) atoms. The van der Waals surface area contributed by atoms with E-state index in [1.54, 1.807) is 6.08 Å². The molecule has 0 aromatic rings. The molecule has 7 heteroatoms. The lowest BCUT2D eigenvalue weighted by molar-refractivity contribution is -0.187. The summed E-state index contributed by atoms with van der Waals surface area (Å²) in [6, 6.07) is 0. The maximum atomic E-state index is 12.5. The molecular formula is C23H35NO6. The zero-order valence-electron chi connectivity index (χ0n) is 17.9. The zero-order chi connectivity index (χ0) is 22.1. The summed E-state index contributed by atoms with van der Waals surface area (Å²) in [5.41, 5.74) is 3.87. The Hall–Kier alpha value is -1.12. The van der Waals surface area contributed by atoms with Crippen molar-refractivity contribution in [3.05, 3.63) is 11.6 Å². The molecule has 4 aliphatic carbocycles. The first-order chi connectivity index (χ1) is 14.0. The van der Waals surface area contributed by atoms with Crippen LogP contribution < -0.4 is 5.73 Å². The summed E-state index contributed by atoms with van der Waals surface area (Å²) in [7, 11) is 0. The largest absolute Gasteiger partial charge is 0.393 e. The molecular weight excluding hydrogens is 386 g/mol. The highest BCUT2D eigenvalue weighted by Crippen LogP contribution is 2.68. The summed E-state index contributed by atoms with van der Waals surface area (Å²) < 4.78 is 0. The monoisotopic (exact) mass is 421 g/mol. The van der Waals surface area contributed by atoms with E-state index in [0.29, 0.717) is 25.7 Å². The molecule has 2 unspecified atom stereocenters. The average molecular weight is 422 g/mol. The summed E-state index contributed by atoms with van der Waals surface area (Å²) in [5.74, 6) is -0.660. The van der Waals surface area contributed by atoms with Crippen LogP contribution in [0.1, 0.15) is 58.8 Å². The molecule has 3 saturated carbocycles. The molecule has 0 heterocycles. The molecule has 0 radical (unpaired) electrons. The molecule has 0 spiro atoms. The van der Waals surface area contributed by atoms with Gasteiger partial charge in [-0.25, -0.2) is 0 Å². The average Bonchev–Trinajstić information content (AvgIpc) is 2.93. The van der Waals surface area contributed by atoms with Crippen LogP contribution in [0.5, 0.6) is 0 Å². The minimum absolute atomic E-state index is 0.0468. The van der Waals surface area contributed by atoms with Crippen LogP contribution >= 0.6 is 0 Å². The van der Waals surface area contributed by atoms with Gasteiger partial charge in [-0.05, 0) is 73.7 Å². The van der Waals surface area contributed by atoms with Gasteiger partial charge in [0, 0.05) is 11.8 Å². The number of ketones is 2. The molecule has 0 bridgehead atoms. The second-order valence-electron chi connectivity index (χ2n) is 10.6. The van der Waals surface area contributed by atoms with E-state index in [9.17, 15) is 30.0 Å². The van der Waals surface area contributed by atoms with Crippen molar-refractivity contribution in [2.45, 2.75) is 76.7 Å². The van der Waals surface area contributed by atoms with Gasteiger partial charge in [0.1, 0.15) is 18.4 Å². The molecule has 168 valence electrons. The first-order valence-electron chi connectivity index (χ1n) is 11.2. The number of rotatable bonds is 4. The Bertz CT molecular complexity index is 780. The van der Waals surface area contributed by atoms with E-state index in [4.69, 9.17) is 5.73 Å². The van der Waals surface area contributed by atoms with E-state index in [-0.39, 0.29) is 35.9 Å². The van der Waals surface area contributed by atoms with Crippen molar-refractivity contribution in [1.29, 1.82) is 0 Å². The lowest BCUT2D eigenvalue weighted by Crippen LogP contribution is -2.63. The number of aliphatic hydroxyl groups is 4. The number of carbonyl (C=O) groups is 2. The summed E-state index contributed by atoms with van der Waals surface area (Å²) in [6.07, 6.45) is 3.31. The normalized spacial score (nSPS) is 49.0. The maximum absolute atomic E-state index is 12.5. The molecule has 0 aliphatic heterocycles. The van der Waals surface area contributed by atoms with Crippen molar-refractivity contribution >= 4 is 11.6 Å². The van der Waals surface area contributed by atoms with Crippen molar-refractivity contribution in [3.8, 4) is 0 Å². The number of carbonyl (C=O) groups excluding carboxylic acids is 2. The van der Waals surface area contributed by atoms with E-state index >= 15 is 0 Å². The van der Waals surface area contributed by atoms with E-state index in [2.05, 4.69) is 6.92 Å². The second kappa shape index (κ2) is 7.20. The highest BCUT2D eigenvalue weighted by molar-refractivity contribution is 5.92. The molecule has 7 nitrogen and oxygen atoms in total. The molecule has 3 fully saturated rings. The number of hydrogen-bond acceptors (Lipinski definition) is 7. The van der Waals surface area contributed by atoms with E-state index in [1.165, 1.54) is 0 Å². The third-order valence-electron chi connectivity index (χ3n) is 9.50. The van der Waals surface area contributed by atoms with Gasteiger partial charge >= 0.3 is 0 Å². The van der Waals surface area contributed by atoms with Gasteiger partial charge in [0.25, 0.3) is 0 Å². The third kappa shape index (κ3) is 2.82. The Balaban J connectivity index is 1.76. The number of Topliss-reactive ketones (excluding diaryl/α,β-unsaturated/α-hetero) is 1. The summed E-state index contributed by atoms with van der Waals surface area (Å²) >= 11 is 0. The highest BCUT2D eigenvalue weighted by Gasteiger charge is 2.69. The quantitative estimate of drug-likeness (QED) is 0.420. The minimum Gasteiger partial charge on any atom is -0.393 e. The van der Waals surface area contributed by atoms with Gasteiger partial charge < -0.3 is 26.2 Å².